The Morgan fingerprint density at radius 2 is 2.15 bits per heavy atom. The summed E-state index contributed by atoms with van der Waals surface area (Å²) in [5.74, 6) is 1.01. The summed E-state index contributed by atoms with van der Waals surface area (Å²) in [6.07, 6.45) is 4.57. The minimum atomic E-state index is -0.367. The molecule has 1 amide bonds. The van der Waals surface area contributed by atoms with Crippen molar-refractivity contribution in [2.75, 3.05) is 20.2 Å². The molecule has 0 unspecified atom stereocenters. The Labute approximate surface area is 154 Å². The number of carbonyl (C=O) groups is 1. The fourth-order valence-corrected chi connectivity index (χ4v) is 3.73. The first kappa shape index (κ1) is 18.5. The van der Waals surface area contributed by atoms with Gasteiger partial charge < -0.3 is 15.4 Å². The van der Waals surface area contributed by atoms with Crippen LogP contribution in [0.1, 0.15) is 30.9 Å². The number of methoxy groups -OCH3 is 1. The number of amides is 1. The van der Waals surface area contributed by atoms with E-state index in [4.69, 9.17) is 4.74 Å². The predicted octanol–water partition coefficient (Wildman–Crippen LogP) is 1.87. The zero-order valence-electron chi connectivity index (χ0n) is 16.0. The van der Waals surface area contributed by atoms with Gasteiger partial charge in [-0.05, 0) is 37.5 Å². The van der Waals surface area contributed by atoms with E-state index in [1.54, 1.807) is 11.8 Å². The molecule has 3 rings (SSSR count). The van der Waals surface area contributed by atoms with Crippen LogP contribution in [0.3, 0.4) is 0 Å². The molecule has 1 aliphatic rings. The lowest BCUT2D eigenvalue weighted by Crippen LogP contribution is -2.48. The van der Waals surface area contributed by atoms with E-state index in [1.165, 1.54) is 0 Å². The summed E-state index contributed by atoms with van der Waals surface area (Å²) >= 11 is 0. The SMILES string of the molecule is COc1ccccc1CC(C)(C)NC(=O)[C@H]1CNC[C@@H]1c1cnn(C)c1. The Morgan fingerprint density at radius 3 is 2.85 bits per heavy atom. The molecule has 2 heterocycles. The number of aryl methyl sites for hydroxylation is 1. The molecule has 1 saturated heterocycles. The average Bonchev–Trinajstić information content (AvgIpc) is 3.23. The predicted molar refractivity (Wildman–Crippen MR) is 101 cm³/mol. The summed E-state index contributed by atoms with van der Waals surface area (Å²) in [5.41, 5.74) is 1.84. The van der Waals surface area contributed by atoms with Gasteiger partial charge in [-0.15, -0.1) is 0 Å². The van der Waals surface area contributed by atoms with Crippen molar-refractivity contribution in [3.05, 3.63) is 47.8 Å². The van der Waals surface area contributed by atoms with Crippen molar-refractivity contribution in [3.63, 3.8) is 0 Å². The molecule has 0 radical (unpaired) electrons. The average molecular weight is 356 g/mol. The van der Waals surface area contributed by atoms with E-state index in [0.29, 0.717) is 13.0 Å². The fraction of sp³-hybridized carbons (Fsp3) is 0.500. The number of carbonyl (C=O) groups excluding carboxylic acids is 1. The van der Waals surface area contributed by atoms with Gasteiger partial charge in [0, 0.05) is 37.8 Å². The lowest BCUT2D eigenvalue weighted by Gasteiger charge is -2.29. The standard InChI is InChI=1S/C20H28N4O2/c1-20(2,9-14-7-5-6-8-18(14)26-4)23-19(25)17-12-21-11-16(17)15-10-22-24(3)13-15/h5-8,10,13,16-17,21H,9,11-12H2,1-4H3,(H,23,25)/t16-,17+/m1/s1. The van der Waals surface area contributed by atoms with Gasteiger partial charge in [0.25, 0.3) is 0 Å². The van der Waals surface area contributed by atoms with Crippen LogP contribution < -0.4 is 15.4 Å². The number of nitrogens with zero attached hydrogens (tertiary/aromatic N) is 2. The van der Waals surface area contributed by atoms with E-state index < -0.39 is 0 Å². The van der Waals surface area contributed by atoms with Crippen molar-refractivity contribution in [2.24, 2.45) is 13.0 Å². The Morgan fingerprint density at radius 1 is 1.38 bits per heavy atom. The maximum Gasteiger partial charge on any atom is 0.225 e. The molecule has 1 fully saturated rings. The molecule has 1 aromatic carbocycles. The quantitative estimate of drug-likeness (QED) is 0.829. The van der Waals surface area contributed by atoms with Crippen LogP contribution in [-0.4, -0.2) is 41.4 Å². The molecule has 6 heteroatoms. The third kappa shape index (κ3) is 4.07. The topological polar surface area (TPSA) is 68.2 Å². The Balaban J connectivity index is 1.69. The molecule has 0 spiro atoms. The van der Waals surface area contributed by atoms with E-state index in [1.807, 2.05) is 43.7 Å². The lowest BCUT2D eigenvalue weighted by molar-refractivity contribution is -0.126. The monoisotopic (exact) mass is 356 g/mol. The summed E-state index contributed by atoms with van der Waals surface area (Å²) in [6, 6.07) is 7.94. The van der Waals surface area contributed by atoms with Crippen LogP contribution in [0.4, 0.5) is 0 Å². The molecular weight excluding hydrogens is 328 g/mol. The van der Waals surface area contributed by atoms with Gasteiger partial charge in [0.1, 0.15) is 5.75 Å². The first-order valence-corrected chi connectivity index (χ1v) is 9.03. The molecule has 2 atom stereocenters. The Bertz CT molecular complexity index is 769. The van der Waals surface area contributed by atoms with E-state index in [-0.39, 0.29) is 23.3 Å². The van der Waals surface area contributed by atoms with Gasteiger partial charge in [-0.2, -0.15) is 5.10 Å². The molecule has 6 nitrogen and oxygen atoms in total. The van der Waals surface area contributed by atoms with E-state index >= 15 is 0 Å². The molecule has 0 aliphatic carbocycles. The zero-order valence-corrected chi connectivity index (χ0v) is 16.0. The molecule has 1 aromatic heterocycles. The van der Waals surface area contributed by atoms with Crippen LogP contribution in [0.25, 0.3) is 0 Å². The van der Waals surface area contributed by atoms with Crippen molar-refractivity contribution in [1.82, 2.24) is 20.4 Å². The largest absolute Gasteiger partial charge is 0.496 e. The molecule has 2 aromatic rings. The minimum absolute atomic E-state index is 0.0868. The van der Waals surface area contributed by atoms with Gasteiger partial charge in [-0.25, -0.2) is 0 Å². The molecule has 140 valence electrons. The van der Waals surface area contributed by atoms with Crippen LogP contribution in [0.2, 0.25) is 0 Å². The summed E-state index contributed by atoms with van der Waals surface area (Å²) in [7, 11) is 3.57. The normalized spacial score (nSPS) is 20.2. The number of nitrogens with one attached hydrogen (secondary N) is 2. The second-order valence-corrected chi connectivity index (χ2v) is 7.68. The van der Waals surface area contributed by atoms with Crippen LogP contribution in [0.15, 0.2) is 36.7 Å². The molecule has 26 heavy (non-hydrogen) atoms. The zero-order chi connectivity index (χ0) is 18.7. The Hall–Kier alpha value is -2.34. The first-order chi connectivity index (χ1) is 12.4. The van der Waals surface area contributed by atoms with E-state index in [2.05, 4.69) is 29.6 Å². The highest BCUT2D eigenvalue weighted by molar-refractivity contribution is 5.81. The minimum Gasteiger partial charge on any atom is -0.496 e. The number of para-hydroxylation sites is 1. The Kier molecular flexibility index (Phi) is 5.32. The van der Waals surface area contributed by atoms with Gasteiger partial charge in [-0.3, -0.25) is 9.48 Å². The number of hydrogen-bond donors (Lipinski definition) is 2. The smallest absolute Gasteiger partial charge is 0.225 e. The maximum absolute atomic E-state index is 13.0. The van der Waals surface area contributed by atoms with E-state index in [9.17, 15) is 4.79 Å². The number of hydrogen-bond acceptors (Lipinski definition) is 4. The molecule has 1 aliphatic heterocycles. The van der Waals surface area contributed by atoms with Gasteiger partial charge in [0.15, 0.2) is 0 Å². The summed E-state index contributed by atoms with van der Waals surface area (Å²) in [4.78, 5) is 13.0. The van der Waals surface area contributed by atoms with Crippen LogP contribution in [0.5, 0.6) is 5.75 Å². The summed E-state index contributed by atoms with van der Waals surface area (Å²) in [6.45, 7) is 5.60. The lowest BCUT2D eigenvalue weighted by atomic mass is 9.88. The van der Waals surface area contributed by atoms with Crippen LogP contribution in [0, 0.1) is 5.92 Å². The van der Waals surface area contributed by atoms with Crippen molar-refractivity contribution < 1.29 is 9.53 Å². The highest BCUT2D eigenvalue weighted by Crippen LogP contribution is 2.29. The first-order valence-electron chi connectivity index (χ1n) is 9.03. The number of ether oxygens (including phenoxy) is 1. The van der Waals surface area contributed by atoms with Crippen molar-refractivity contribution >= 4 is 5.91 Å². The molecule has 0 saturated carbocycles. The third-order valence-electron chi connectivity index (χ3n) is 4.99. The molecular formula is C20H28N4O2. The molecule has 0 bridgehead atoms. The highest BCUT2D eigenvalue weighted by atomic mass is 16.5. The van der Waals surface area contributed by atoms with Crippen LogP contribution >= 0.6 is 0 Å². The second kappa shape index (κ2) is 7.50. The number of aromatic nitrogens is 2. The van der Waals surface area contributed by atoms with Crippen molar-refractivity contribution in [1.29, 1.82) is 0 Å². The van der Waals surface area contributed by atoms with Crippen LogP contribution in [-0.2, 0) is 18.3 Å². The number of rotatable bonds is 6. The summed E-state index contributed by atoms with van der Waals surface area (Å²) < 4.78 is 7.23. The van der Waals surface area contributed by atoms with Gasteiger partial charge in [0.05, 0.1) is 19.2 Å². The van der Waals surface area contributed by atoms with Gasteiger partial charge in [0.2, 0.25) is 5.91 Å². The van der Waals surface area contributed by atoms with Gasteiger partial charge >= 0.3 is 0 Å². The fourth-order valence-electron chi connectivity index (χ4n) is 3.73. The maximum atomic E-state index is 13.0. The van der Waals surface area contributed by atoms with E-state index in [0.717, 1.165) is 23.4 Å². The third-order valence-corrected chi connectivity index (χ3v) is 4.99. The van der Waals surface area contributed by atoms with Crippen molar-refractivity contribution in [3.8, 4) is 5.75 Å². The number of benzene rings is 1. The highest BCUT2D eigenvalue weighted by Gasteiger charge is 2.36. The second-order valence-electron chi connectivity index (χ2n) is 7.68. The van der Waals surface area contributed by atoms with Crippen molar-refractivity contribution in [2.45, 2.75) is 31.7 Å². The molecule has 2 N–H and O–H groups in total. The van der Waals surface area contributed by atoms with Gasteiger partial charge in [-0.1, -0.05) is 18.2 Å². The summed E-state index contributed by atoms with van der Waals surface area (Å²) in [5, 5.41) is 10.8.